The van der Waals surface area contributed by atoms with Crippen molar-refractivity contribution >= 4 is 23.2 Å². The number of carboxylic acids is 1. The third-order valence-electron chi connectivity index (χ3n) is 2.82. The van der Waals surface area contributed by atoms with Gasteiger partial charge in [-0.15, -0.1) is 0 Å². The van der Waals surface area contributed by atoms with Crippen molar-refractivity contribution in [3.05, 3.63) is 48.0 Å². The first-order valence-electron chi connectivity index (χ1n) is 5.61. The Labute approximate surface area is 104 Å². The Morgan fingerprint density at radius 3 is 2.61 bits per heavy atom. The summed E-state index contributed by atoms with van der Waals surface area (Å²) in [5.41, 5.74) is 0.795. The number of fused-ring (bicyclic) bond motifs is 1. The Morgan fingerprint density at radius 1 is 1.22 bits per heavy atom. The van der Waals surface area contributed by atoms with Gasteiger partial charge in [-0.1, -0.05) is 36.4 Å². The predicted molar refractivity (Wildman–Crippen MR) is 68.1 cm³/mol. The molecular formula is C14H13NO3. The second-order valence-corrected chi connectivity index (χ2v) is 4.04. The van der Waals surface area contributed by atoms with Gasteiger partial charge in [0, 0.05) is 0 Å². The van der Waals surface area contributed by atoms with Crippen LogP contribution < -0.4 is 5.32 Å². The van der Waals surface area contributed by atoms with E-state index in [9.17, 15) is 9.59 Å². The van der Waals surface area contributed by atoms with Crippen LogP contribution in [0.15, 0.2) is 42.5 Å². The van der Waals surface area contributed by atoms with Gasteiger partial charge in [0.25, 0.3) is 0 Å². The van der Waals surface area contributed by atoms with Gasteiger partial charge in [-0.05, 0) is 22.4 Å². The summed E-state index contributed by atoms with van der Waals surface area (Å²) in [5.74, 6) is -0.942. The molecule has 2 N–H and O–H groups in total. The van der Waals surface area contributed by atoms with Crippen LogP contribution in [0.1, 0.15) is 18.0 Å². The van der Waals surface area contributed by atoms with Crippen LogP contribution in [0.25, 0.3) is 10.8 Å². The normalized spacial score (nSPS) is 12.0. The number of hydrogen-bond acceptors (Lipinski definition) is 2. The maximum atomic E-state index is 10.8. The summed E-state index contributed by atoms with van der Waals surface area (Å²) >= 11 is 0. The number of nitrogens with one attached hydrogen (secondary N) is 1. The molecule has 2 rings (SSSR count). The van der Waals surface area contributed by atoms with Crippen LogP contribution in [0, 0.1) is 0 Å². The van der Waals surface area contributed by atoms with Gasteiger partial charge in [0.15, 0.2) is 0 Å². The Hall–Kier alpha value is -2.36. The summed E-state index contributed by atoms with van der Waals surface area (Å²) in [7, 11) is 0. The quantitative estimate of drug-likeness (QED) is 0.790. The Bertz CT molecular complexity index is 580. The Balaban J connectivity index is 2.37. The first-order chi connectivity index (χ1) is 8.70. The standard InChI is InChI=1S/C14H13NO3/c16-9-15-13(8-14(17)18)12-6-5-10-3-1-2-4-11(10)7-12/h1-7,9,13H,8H2,(H,15,16)(H,17,18). The van der Waals surface area contributed by atoms with Crippen molar-refractivity contribution in [1.29, 1.82) is 0 Å². The fraction of sp³-hybridized carbons (Fsp3) is 0.143. The molecule has 0 bridgehead atoms. The van der Waals surface area contributed by atoms with E-state index in [0.717, 1.165) is 16.3 Å². The molecular weight excluding hydrogens is 230 g/mol. The van der Waals surface area contributed by atoms with Gasteiger partial charge in [-0.3, -0.25) is 9.59 Å². The lowest BCUT2D eigenvalue weighted by Crippen LogP contribution is -2.22. The molecule has 0 aliphatic heterocycles. The lowest BCUT2D eigenvalue weighted by Gasteiger charge is -2.14. The highest BCUT2D eigenvalue weighted by Gasteiger charge is 2.14. The fourth-order valence-electron chi connectivity index (χ4n) is 1.95. The lowest BCUT2D eigenvalue weighted by atomic mass is 10.00. The molecule has 1 amide bonds. The number of aliphatic carboxylic acids is 1. The van der Waals surface area contributed by atoms with Gasteiger partial charge in [0.1, 0.15) is 0 Å². The number of benzene rings is 2. The van der Waals surface area contributed by atoms with Gasteiger partial charge < -0.3 is 10.4 Å². The Morgan fingerprint density at radius 2 is 1.94 bits per heavy atom. The van der Waals surface area contributed by atoms with E-state index in [4.69, 9.17) is 5.11 Å². The highest BCUT2D eigenvalue weighted by Crippen LogP contribution is 2.22. The summed E-state index contributed by atoms with van der Waals surface area (Å²) in [6.45, 7) is 0. The molecule has 18 heavy (non-hydrogen) atoms. The van der Waals surface area contributed by atoms with E-state index >= 15 is 0 Å². The van der Waals surface area contributed by atoms with E-state index in [1.165, 1.54) is 0 Å². The minimum Gasteiger partial charge on any atom is -0.481 e. The minimum atomic E-state index is -0.942. The average Bonchev–Trinajstić information content (AvgIpc) is 2.37. The van der Waals surface area contributed by atoms with Crippen molar-refractivity contribution in [2.45, 2.75) is 12.5 Å². The monoisotopic (exact) mass is 243 g/mol. The molecule has 4 heteroatoms. The van der Waals surface area contributed by atoms with E-state index < -0.39 is 12.0 Å². The zero-order valence-electron chi connectivity index (χ0n) is 9.67. The fourth-order valence-corrected chi connectivity index (χ4v) is 1.95. The van der Waals surface area contributed by atoms with Gasteiger partial charge >= 0.3 is 5.97 Å². The molecule has 1 atom stereocenters. The molecule has 0 aromatic heterocycles. The zero-order chi connectivity index (χ0) is 13.0. The number of rotatable bonds is 5. The van der Waals surface area contributed by atoms with Crippen LogP contribution in [-0.4, -0.2) is 17.5 Å². The second kappa shape index (κ2) is 5.31. The maximum Gasteiger partial charge on any atom is 0.305 e. The number of carbonyl (C=O) groups is 2. The maximum absolute atomic E-state index is 10.8. The molecule has 0 aliphatic rings. The van der Waals surface area contributed by atoms with Crippen molar-refractivity contribution in [3.8, 4) is 0 Å². The molecule has 0 spiro atoms. The van der Waals surface area contributed by atoms with Gasteiger partial charge in [0.05, 0.1) is 12.5 Å². The van der Waals surface area contributed by atoms with Gasteiger partial charge in [0.2, 0.25) is 6.41 Å². The number of amides is 1. The van der Waals surface area contributed by atoms with Crippen LogP contribution in [0.4, 0.5) is 0 Å². The zero-order valence-corrected chi connectivity index (χ0v) is 9.67. The average molecular weight is 243 g/mol. The summed E-state index contributed by atoms with van der Waals surface area (Å²) in [6.07, 6.45) is 0.403. The predicted octanol–water partition coefficient (Wildman–Crippen LogP) is 2.10. The second-order valence-electron chi connectivity index (χ2n) is 4.04. The van der Waals surface area contributed by atoms with Gasteiger partial charge in [-0.25, -0.2) is 0 Å². The Kier molecular flexibility index (Phi) is 3.57. The molecule has 0 heterocycles. The molecule has 1 unspecified atom stereocenters. The first-order valence-corrected chi connectivity index (χ1v) is 5.61. The van der Waals surface area contributed by atoms with Crippen LogP contribution in [0.3, 0.4) is 0 Å². The number of hydrogen-bond donors (Lipinski definition) is 2. The van der Waals surface area contributed by atoms with E-state index in [1.54, 1.807) is 0 Å². The summed E-state index contributed by atoms with van der Waals surface area (Å²) in [6, 6.07) is 13.0. The summed E-state index contributed by atoms with van der Waals surface area (Å²) in [4.78, 5) is 21.3. The molecule has 4 nitrogen and oxygen atoms in total. The van der Waals surface area contributed by atoms with Crippen LogP contribution >= 0.6 is 0 Å². The SMILES string of the molecule is O=CNC(CC(=O)O)c1ccc2ccccc2c1. The third-order valence-corrected chi connectivity index (χ3v) is 2.82. The van der Waals surface area contributed by atoms with E-state index in [0.29, 0.717) is 6.41 Å². The van der Waals surface area contributed by atoms with Crippen LogP contribution in [0.2, 0.25) is 0 Å². The molecule has 0 fully saturated rings. The molecule has 0 saturated heterocycles. The lowest BCUT2D eigenvalue weighted by molar-refractivity contribution is -0.137. The van der Waals surface area contributed by atoms with E-state index in [1.807, 2.05) is 42.5 Å². The topological polar surface area (TPSA) is 66.4 Å². The third kappa shape index (κ3) is 2.66. The highest BCUT2D eigenvalue weighted by molar-refractivity contribution is 5.83. The first kappa shape index (κ1) is 12.1. The van der Waals surface area contributed by atoms with Crippen molar-refractivity contribution in [2.24, 2.45) is 0 Å². The van der Waals surface area contributed by atoms with Gasteiger partial charge in [-0.2, -0.15) is 0 Å². The molecule has 2 aromatic carbocycles. The van der Waals surface area contributed by atoms with Crippen molar-refractivity contribution < 1.29 is 14.7 Å². The number of carbonyl (C=O) groups excluding carboxylic acids is 1. The van der Waals surface area contributed by atoms with Crippen LogP contribution in [-0.2, 0) is 9.59 Å². The largest absolute Gasteiger partial charge is 0.481 e. The molecule has 92 valence electrons. The highest BCUT2D eigenvalue weighted by atomic mass is 16.4. The molecule has 0 saturated carbocycles. The summed E-state index contributed by atoms with van der Waals surface area (Å²) in [5, 5.41) is 13.5. The van der Waals surface area contributed by atoms with Crippen molar-refractivity contribution in [2.75, 3.05) is 0 Å². The molecule has 0 aliphatic carbocycles. The molecule has 2 aromatic rings. The number of carboxylic acid groups (broad SMARTS) is 1. The van der Waals surface area contributed by atoms with Crippen molar-refractivity contribution in [1.82, 2.24) is 5.32 Å². The smallest absolute Gasteiger partial charge is 0.305 e. The van der Waals surface area contributed by atoms with Crippen LogP contribution in [0.5, 0.6) is 0 Å². The molecule has 0 radical (unpaired) electrons. The van der Waals surface area contributed by atoms with E-state index in [2.05, 4.69) is 5.32 Å². The minimum absolute atomic E-state index is 0.128. The summed E-state index contributed by atoms with van der Waals surface area (Å²) < 4.78 is 0. The van der Waals surface area contributed by atoms with Crippen molar-refractivity contribution in [3.63, 3.8) is 0 Å². The van der Waals surface area contributed by atoms with E-state index in [-0.39, 0.29) is 6.42 Å².